The number of benzene rings is 1. The molecule has 1 heterocycles. The molecule has 0 aliphatic heterocycles. The molecule has 0 amide bonds. The number of carbonyl (C=O) groups is 1. The van der Waals surface area contributed by atoms with Crippen LogP contribution < -0.4 is 10.2 Å². The van der Waals surface area contributed by atoms with E-state index in [0.717, 1.165) is 0 Å². The predicted molar refractivity (Wildman–Crippen MR) is 72.1 cm³/mol. The highest BCUT2D eigenvalue weighted by Crippen LogP contribution is 2.26. The number of aromatic nitrogens is 1. The fourth-order valence-electron chi connectivity index (χ4n) is 2.10. The number of methoxy groups -OCH3 is 1. The van der Waals surface area contributed by atoms with Gasteiger partial charge >= 0.3 is 5.97 Å². The van der Waals surface area contributed by atoms with E-state index < -0.39 is 11.4 Å². The van der Waals surface area contributed by atoms with Gasteiger partial charge in [0.25, 0.3) is 0 Å². The predicted octanol–water partition coefficient (Wildman–Crippen LogP) is 2.29. The lowest BCUT2D eigenvalue weighted by atomic mass is 10.1. The molecule has 2 rings (SSSR count). The molecule has 100 valence electrons. The largest absolute Gasteiger partial charge is 0.495 e. The average molecular weight is 261 g/mol. The fraction of sp³-hybridized carbons (Fsp3) is 0.286. The number of hydrogen-bond donors (Lipinski definition) is 1. The van der Waals surface area contributed by atoms with E-state index in [9.17, 15) is 9.59 Å². The van der Waals surface area contributed by atoms with E-state index in [1.54, 1.807) is 22.8 Å². The van der Waals surface area contributed by atoms with Gasteiger partial charge in [-0.25, -0.2) is 4.79 Å². The van der Waals surface area contributed by atoms with Crippen LogP contribution in [0.15, 0.2) is 29.2 Å². The lowest BCUT2D eigenvalue weighted by molar-refractivity contribution is 0.0694. The van der Waals surface area contributed by atoms with Gasteiger partial charge < -0.3 is 14.4 Å². The number of pyridine rings is 1. The van der Waals surface area contributed by atoms with Crippen molar-refractivity contribution in [1.82, 2.24) is 4.57 Å². The van der Waals surface area contributed by atoms with Crippen LogP contribution in [0.5, 0.6) is 5.75 Å². The van der Waals surface area contributed by atoms with Crippen molar-refractivity contribution in [3.8, 4) is 5.75 Å². The summed E-state index contributed by atoms with van der Waals surface area (Å²) in [4.78, 5) is 23.3. The average Bonchev–Trinajstić information content (AvgIpc) is 2.37. The van der Waals surface area contributed by atoms with Gasteiger partial charge in [0.2, 0.25) is 5.43 Å². The van der Waals surface area contributed by atoms with E-state index in [-0.39, 0.29) is 11.6 Å². The lowest BCUT2D eigenvalue weighted by Gasteiger charge is -2.17. The van der Waals surface area contributed by atoms with Crippen molar-refractivity contribution in [2.45, 2.75) is 19.9 Å². The molecule has 0 fully saturated rings. The zero-order valence-electron chi connectivity index (χ0n) is 11.0. The monoisotopic (exact) mass is 261 g/mol. The molecule has 0 aliphatic rings. The van der Waals surface area contributed by atoms with E-state index in [1.165, 1.54) is 13.3 Å². The number of nitrogens with zero attached hydrogens (tertiary/aromatic N) is 1. The van der Waals surface area contributed by atoms with Crippen LogP contribution in [-0.2, 0) is 0 Å². The molecule has 0 unspecified atom stereocenters. The molecule has 0 saturated heterocycles. The molecule has 0 bridgehead atoms. The van der Waals surface area contributed by atoms with Crippen LogP contribution in [0.2, 0.25) is 0 Å². The van der Waals surface area contributed by atoms with E-state index in [0.29, 0.717) is 16.7 Å². The Morgan fingerprint density at radius 3 is 2.58 bits per heavy atom. The van der Waals surface area contributed by atoms with Crippen molar-refractivity contribution < 1.29 is 14.6 Å². The molecule has 5 nitrogen and oxygen atoms in total. The van der Waals surface area contributed by atoms with Crippen molar-refractivity contribution in [2.75, 3.05) is 7.11 Å². The topological polar surface area (TPSA) is 68.5 Å². The highest BCUT2D eigenvalue weighted by molar-refractivity contribution is 5.94. The first-order valence-electron chi connectivity index (χ1n) is 5.92. The minimum Gasteiger partial charge on any atom is -0.495 e. The Morgan fingerprint density at radius 1 is 1.37 bits per heavy atom. The summed E-state index contributed by atoms with van der Waals surface area (Å²) in [5, 5.41) is 9.47. The molecule has 5 heteroatoms. The molecule has 0 spiro atoms. The maximum absolute atomic E-state index is 12.2. The standard InChI is InChI=1S/C14H15NO4/c1-8(2)15-7-10(14(17)18)13(16)9-5-4-6-11(19-3)12(9)15/h4-8H,1-3H3,(H,17,18). The molecular weight excluding hydrogens is 246 g/mol. The van der Waals surface area contributed by atoms with E-state index >= 15 is 0 Å². The number of hydrogen-bond acceptors (Lipinski definition) is 3. The van der Waals surface area contributed by atoms with Gasteiger partial charge in [-0.3, -0.25) is 4.79 Å². The van der Waals surface area contributed by atoms with Gasteiger partial charge in [0.1, 0.15) is 11.3 Å². The van der Waals surface area contributed by atoms with E-state index in [4.69, 9.17) is 9.84 Å². The van der Waals surface area contributed by atoms with E-state index in [2.05, 4.69) is 0 Å². The van der Waals surface area contributed by atoms with Crippen LogP contribution in [-0.4, -0.2) is 22.8 Å². The molecule has 1 aromatic heterocycles. The molecule has 19 heavy (non-hydrogen) atoms. The summed E-state index contributed by atoms with van der Waals surface area (Å²) in [6.07, 6.45) is 1.38. The molecule has 0 aliphatic carbocycles. The molecule has 2 aromatic rings. The summed E-state index contributed by atoms with van der Waals surface area (Å²) in [5.41, 5.74) is -0.0947. The van der Waals surface area contributed by atoms with Crippen molar-refractivity contribution in [3.05, 3.63) is 40.2 Å². The zero-order valence-corrected chi connectivity index (χ0v) is 11.0. The molecule has 0 saturated carbocycles. The molecule has 0 atom stereocenters. The Kier molecular flexibility index (Phi) is 3.29. The van der Waals surface area contributed by atoms with Gasteiger partial charge in [-0.2, -0.15) is 0 Å². The minimum absolute atomic E-state index is 0.0116. The van der Waals surface area contributed by atoms with Gasteiger partial charge in [0, 0.05) is 12.2 Å². The molecule has 1 N–H and O–H groups in total. The van der Waals surface area contributed by atoms with Gasteiger partial charge in [0.05, 0.1) is 18.0 Å². The number of carboxylic acid groups (broad SMARTS) is 1. The van der Waals surface area contributed by atoms with Crippen LogP contribution in [0.3, 0.4) is 0 Å². The third-order valence-electron chi connectivity index (χ3n) is 3.02. The third-order valence-corrected chi connectivity index (χ3v) is 3.02. The van der Waals surface area contributed by atoms with Crippen molar-refractivity contribution >= 4 is 16.9 Å². The summed E-state index contributed by atoms with van der Waals surface area (Å²) in [6.45, 7) is 3.84. The number of carboxylic acids is 1. The Labute approximate surface area is 110 Å². The number of ether oxygens (including phenoxy) is 1. The van der Waals surface area contributed by atoms with Crippen LogP contribution in [0.4, 0.5) is 0 Å². The Balaban J connectivity index is 3.01. The first-order chi connectivity index (χ1) is 8.97. The van der Waals surface area contributed by atoms with Crippen LogP contribution in [0.25, 0.3) is 10.9 Å². The highest BCUT2D eigenvalue weighted by Gasteiger charge is 2.17. The second-order valence-corrected chi connectivity index (χ2v) is 4.53. The SMILES string of the molecule is COc1cccc2c(=O)c(C(=O)O)cn(C(C)C)c12. The van der Waals surface area contributed by atoms with Crippen LogP contribution in [0.1, 0.15) is 30.2 Å². The summed E-state index contributed by atoms with van der Waals surface area (Å²) < 4.78 is 7.02. The fourth-order valence-corrected chi connectivity index (χ4v) is 2.10. The molecule has 1 aromatic carbocycles. The maximum Gasteiger partial charge on any atom is 0.341 e. The summed E-state index contributed by atoms with van der Waals surface area (Å²) in [5.74, 6) is -0.663. The Bertz CT molecular complexity index is 700. The van der Waals surface area contributed by atoms with Gasteiger partial charge in [-0.1, -0.05) is 6.07 Å². The van der Waals surface area contributed by atoms with Crippen molar-refractivity contribution in [3.63, 3.8) is 0 Å². The normalized spacial score (nSPS) is 10.9. The van der Waals surface area contributed by atoms with E-state index in [1.807, 2.05) is 13.8 Å². The van der Waals surface area contributed by atoms with Gasteiger partial charge in [-0.15, -0.1) is 0 Å². The van der Waals surface area contributed by atoms with Crippen LogP contribution >= 0.6 is 0 Å². The second kappa shape index (κ2) is 4.76. The number of aromatic carboxylic acids is 1. The zero-order chi connectivity index (χ0) is 14.2. The lowest BCUT2D eigenvalue weighted by Crippen LogP contribution is -2.20. The number of para-hydroxylation sites is 1. The quantitative estimate of drug-likeness (QED) is 0.920. The first-order valence-corrected chi connectivity index (χ1v) is 5.92. The maximum atomic E-state index is 12.2. The van der Waals surface area contributed by atoms with Gasteiger partial charge in [-0.05, 0) is 26.0 Å². The summed E-state index contributed by atoms with van der Waals surface area (Å²) in [6, 6.07) is 5.06. The summed E-state index contributed by atoms with van der Waals surface area (Å²) in [7, 11) is 1.52. The molecular formula is C14H15NO4. The minimum atomic E-state index is -1.22. The van der Waals surface area contributed by atoms with Crippen molar-refractivity contribution in [2.24, 2.45) is 0 Å². The number of rotatable bonds is 3. The Morgan fingerprint density at radius 2 is 2.05 bits per heavy atom. The van der Waals surface area contributed by atoms with Gasteiger partial charge in [0.15, 0.2) is 0 Å². The summed E-state index contributed by atoms with van der Waals surface area (Å²) >= 11 is 0. The molecule has 0 radical (unpaired) electrons. The Hall–Kier alpha value is -2.30. The van der Waals surface area contributed by atoms with Crippen LogP contribution in [0, 0.1) is 0 Å². The highest BCUT2D eigenvalue weighted by atomic mass is 16.5. The second-order valence-electron chi connectivity index (χ2n) is 4.53. The third kappa shape index (κ3) is 2.07. The van der Waals surface area contributed by atoms with Crippen molar-refractivity contribution in [1.29, 1.82) is 0 Å². The first kappa shape index (κ1) is 13.1. The number of fused-ring (bicyclic) bond motifs is 1. The smallest absolute Gasteiger partial charge is 0.341 e.